The number of nitrogens with zero attached hydrogens (tertiary/aromatic N) is 2. The monoisotopic (exact) mass is 244 g/mol. The molecule has 0 atom stereocenters. The zero-order valence-corrected chi connectivity index (χ0v) is 10.6. The molecule has 2 rings (SSSR count). The molecule has 1 aromatic heterocycles. The van der Waals surface area contributed by atoms with E-state index >= 15 is 0 Å². The standard InChI is InChI=1S/C14H16N2O2/c1-11(17)13-3-5-14(6-4-13)18-8-7-12-9-15-16(2)10-12/h3-6,9-10H,7-8H2,1-2H3. The van der Waals surface area contributed by atoms with Crippen molar-refractivity contribution in [2.24, 2.45) is 7.05 Å². The predicted molar refractivity (Wildman–Crippen MR) is 68.9 cm³/mol. The SMILES string of the molecule is CC(=O)c1ccc(OCCc2cnn(C)c2)cc1. The molecule has 0 bridgehead atoms. The van der Waals surface area contributed by atoms with Crippen molar-refractivity contribution in [1.29, 1.82) is 0 Å². The van der Waals surface area contributed by atoms with Gasteiger partial charge in [-0.25, -0.2) is 0 Å². The van der Waals surface area contributed by atoms with Gasteiger partial charge in [-0.2, -0.15) is 5.10 Å². The van der Waals surface area contributed by atoms with Crippen LogP contribution in [0.3, 0.4) is 0 Å². The molecule has 2 aromatic rings. The maximum Gasteiger partial charge on any atom is 0.159 e. The fraction of sp³-hybridized carbons (Fsp3) is 0.286. The number of Topliss-reactive ketones (excluding diaryl/α,β-unsaturated/α-hetero) is 1. The van der Waals surface area contributed by atoms with E-state index in [4.69, 9.17) is 4.74 Å². The quantitative estimate of drug-likeness (QED) is 0.758. The van der Waals surface area contributed by atoms with Crippen molar-refractivity contribution in [3.05, 3.63) is 47.8 Å². The van der Waals surface area contributed by atoms with Crippen LogP contribution in [0.25, 0.3) is 0 Å². The summed E-state index contributed by atoms with van der Waals surface area (Å²) in [5.74, 6) is 0.848. The van der Waals surface area contributed by atoms with Crippen LogP contribution in [-0.2, 0) is 13.5 Å². The number of ketones is 1. The summed E-state index contributed by atoms with van der Waals surface area (Å²) < 4.78 is 7.38. The van der Waals surface area contributed by atoms with Gasteiger partial charge in [-0.15, -0.1) is 0 Å². The molecule has 0 aliphatic heterocycles. The van der Waals surface area contributed by atoms with Crippen LogP contribution in [0, 0.1) is 0 Å². The number of rotatable bonds is 5. The van der Waals surface area contributed by atoms with Crippen molar-refractivity contribution in [3.63, 3.8) is 0 Å². The van der Waals surface area contributed by atoms with Crippen LogP contribution in [0.5, 0.6) is 5.75 Å². The van der Waals surface area contributed by atoms with Crippen LogP contribution >= 0.6 is 0 Å². The highest BCUT2D eigenvalue weighted by Crippen LogP contribution is 2.13. The van der Waals surface area contributed by atoms with E-state index in [1.54, 1.807) is 23.7 Å². The Bertz CT molecular complexity index is 529. The Labute approximate surface area is 106 Å². The minimum atomic E-state index is 0.0666. The van der Waals surface area contributed by atoms with Crippen molar-refractivity contribution in [2.75, 3.05) is 6.61 Å². The Balaban J connectivity index is 1.85. The molecule has 1 heterocycles. The molecule has 4 heteroatoms. The molecule has 94 valence electrons. The van der Waals surface area contributed by atoms with E-state index in [2.05, 4.69) is 5.10 Å². The van der Waals surface area contributed by atoms with E-state index < -0.39 is 0 Å². The third-order valence-corrected chi connectivity index (χ3v) is 2.68. The highest BCUT2D eigenvalue weighted by atomic mass is 16.5. The lowest BCUT2D eigenvalue weighted by molar-refractivity contribution is 0.101. The number of hydrogen-bond acceptors (Lipinski definition) is 3. The lowest BCUT2D eigenvalue weighted by Gasteiger charge is -2.05. The van der Waals surface area contributed by atoms with Gasteiger partial charge in [0.15, 0.2) is 5.78 Å². The van der Waals surface area contributed by atoms with Gasteiger partial charge in [0.1, 0.15) is 5.75 Å². The maximum atomic E-state index is 11.1. The van der Waals surface area contributed by atoms with Gasteiger partial charge < -0.3 is 4.74 Å². The summed E-state index contributed by atoms with van der Waals surface area (Å²) in [4.78, 5) is 11.1. The van der Waals surface area contributed by atoms with E-state index in [-0.39, 0.29) is 5.78 Å². The summed E-state index contributed by atoms with van der Waals surface area (Å²) in [6.07, 6.45) is 4.63. The maximum absolute atomic E-state index is 11.1. The second-order valence-electron chi connectivity index (χ2n) is 4.20. The summed E-state index contributed by atoms with van der Waals surface area (Å²) in [5, 5.41) is 4.10. The third-order valence-electron chi connectivity index (χ3n) is 2.68. The topological polar surface area (TPSA) is 44.1 Å². The van der Waals surface area contributed by atoms with Gasteiger partial charge in [-0.05, 0) is 36.8 Å². The summed E-state index contributed by atoms with van der Waals surface area (Å²) in [6, 6.07) is 7.20. The fourth-order valence-electron chi connectivity index (χ4n) is 1.67. The number of carbonyl (C=O) groups excluding carboxylic acids is 1. The summed E-state index contributed by atoms with van der Waals surface area (Å²) in [6.45, 7) is 2.16. The van der Waals surface area contributed by atoms with Crippen LogP contribution in [0.2, 0.25) is 0 Å². The Morgan fingerprint density at radius 2 is 2.06 bits per heavy atom. The summed E-state index contributed by atoms with van der Waals surface area (Å²) in [5.41, 5.74) is 1.85. The second kappa shape index (κ2) is 5.49. The van der Waals surface area contributed by atoms with Crippen molar-refractivity contribution in [3.8, 4) is 5.75 Å². The Kier molecular flexibility index (Phi) is 3.77. The number of hydrogen-bond donors (Lipinski definition) is 0. The first kappa shape index (κ1) is 12.4. The molecule has 4 nitrogen and oxygen atoms in total. The smallest absolute Gasteiger partial charge is 0.159 e. The van der Waals surface area contributed by atoms with Crippen LogP contribution in [0.1, 0.15) is 22.8 Å². The number of carbonyl (C=O) groups is 1. The molecule has 0 radical (unpaired) electrons. The van der Waals surface area contributed by atoms with Crippen molar-refractivity contribution in [1.82, 2.24) is 9.78 Å². The first-order chi connectivity index (χ1) is 8.65. The van der Waals surface area contributed by atoms with Gasteiger partial charge in [-0.1, -0.05) is 0 Å². The normalized spacial score (nSPS) is 10.3. The van der Waals surface area contributed by atoms with E-state index in [0.29, 0.717) is 12.2 Å². The fourth-order valence-corrected chi connectivity index (χ4v) is 1.67. The van der Waals surface area contributed by atoms with Crippen molar-refractivity contribution >= 4 is 5.78 Å². The Morgan fingerprint density at radius 1 is 1.33 bits per heavy atom. The summed E-state index contributed by atoms with van der Waals surface area (Å²) in [7, 11) is 1.89. The van der Waals surface area contributed by atoms with Gasteiger partial charge in [0.25, 0.3) is 0 Å². The minimum absolute atomic E-state index is 0.0666. The van der Waals surface area contributed by atoms with E-state index in [1.807, 2.05) is 31.6 Å². The zero-order chi connectivity index (χ0) is 13.0. The Hall–Kier alpha value is -2.10. The molecule has 0 unspecified atom stereocenters. The van der Waals surface area contributed by atoms with Gasteiger partial charge in [-0.3, -0.25) is 9.48 Å². The number of aromatic nitrogens is 2. The molecule has 0 aliphatic rings. The average molecular weight is 244 g/mol. The van der Waals surface area contributed by atoms with E-state index in [9.17, 15) is 4.79 Å². The molecule has 0 saturated heterocycles. The first-order valence-corrected chi connectivity index (χ1v) is 5.86. The van der Waals surface area contributed by atoms with Gasteiger partial charge in [0, 0.05) is 25.2 Å². The number of benzene rings is 1. The largest absolute Gasteiger partial charge is 0.493 e. The molecular weight excluding hydrogens is 228 g/mol. The summed E-state index contributed by atoms with van der Waals surface area (Å²) >= 11 is 0. The van der Waals surface area contributed by atoms with Gasteiger partial charge in [0.2, 0.25) is 0 Å². The van der Waals surface area contributed by atoms with Crippen LogP contribution in [-0.4, -0.2) is 22.2 Å². The average Bonchev–Trinajstić information content (AvgIpc) is 2.76. The zero-order valence-electron chi connectivity index (χ0n) is 10.6. The molecule has 1 aromatic carbocycles. The lowest BCUT2D eigenvalue weighted by Crippen LogP contribution is -2.01. The molecule has 18 heavy (non-hydrogen) atoms. The molecule has 0 fully saturated rings. The van der Waals surface area contributed by atoms with E-state index in [1.165, 1.54) is 0 Å². The molecule has 0 aliphatic carbocycles. The van der Waals surface area contributed by atoms with Crippen molar-refractivity contribution in [2.45, 2.75) is 13.3 Å². The van der Waals surface area contributed by atoms with Crippen LogP contribution in [0.4, 0.5) is 0 Å². The molecule has 0 saturated carbocycles. The molecule has 0 spiro atoms. The highest BCUT2D eigenvalue weighted by molar-refractivity contribution is 5.94. The third kappa shape index (κ3) is 3.20. The number of ether oxygens (including phenoxy) is 1. The first-order valence-electron chi connectivity index (χ1n) is 5.86. The predicted octanol–water partition coefficient (Wildman–Crippen LogP) is 2.24. The van der Waals surface area contributed by atoms with Crippen LogP contribution < -0.4 is 4.74 Å². The molecular formula is C14H16N2O2. The highest BCUT2D eigenvalue weighted by Gasteiger charge is 2.00. The van der Waals surface area contributed by atoms with Crippen LogP contribution in [0.15, 0.2) is 36.7 Å². The van der Waals surface area contributed by atoms with E-state index in [0.717, 1.165) is 17.7 Å². The second-order valence-corrected chi connectivity index (χ2v) is 4.20. The Morgan fingerprint density at radius 3 is 2.61 bits per heavy atom. The molecule has 0 N–H and O–H groups in total. The lowest BCUT2D eigenvalue weighted by atomic mass is 10.1. The number of aryl methyl sites for hydroxylation is 1. The van der Waals surface area contributed by atoms with Crippen molar-refractivity contribution < 1.29 is 9.53 Å². The van der Waals surface area contributed by atoms with Gasteiger partial charge in [0.05, 0.1) is 12.8 Å². The van der Waals surface area contributed by atoms with Gasteiger partial charge >= 0.3 is 0 Å². The molecule has 0 amide bonds. The minimum Gasteiger partial charge on any atom is -0.493 e.